The number of thiazole rings is 1. The Hall–Kier alpha value is -2.46. The molecule has 1 fully saturated rings. The van der Waals surface area contributed by atoms with Gasteiger partial charge in [-0.3, -0.25) is 4.79 Å². The number of hydrogen-bond donors (Lipinski definition) is 1. The van der Waals surface area contributed by atoms with E-state index in [2.05, 4.69) is 22.8 Å². The quantitative estimate of drug-likeness (QED) is 0.748. The van der Waals surface area contributed by atoms with Gasteiger partial charge in [-0.05, 0) is 25.0 Å². The molecular weight excluding hydrogens is 304 g/mol. The second kappa shape index (κ2) is 5.97. The Bertz CT molecular complexity index is 837. The largest absolute Gasteiger partial charge is 0.326 e. The molecule has 0 spiro atoms. The molecule has 1 N–H and O–H groups in total. The van der Waals surface area contributed by atoms with Crippen LogP contribution in [-0.4, -0.2) is 10.9 Å². The summed E-state index contributed by atoms with van der Waals surface area (Å²) in [5.74, 6) is 0.341. The highest BCUT2D eigenvalue weighted by molar-refractivity contribution is 7.13. The average molecular weight is 320 g/mol. The monoisotopic (exact) mass is 320 g/mol. The molecule has 4 heteroatoms. The molecule has 3 nitrogen and oxygen atoms in total. The molecule has 1 heterocycles. The number of nitrogens with zero attached hydrogens (tertiary/aromatic N) is 1. The van der Waals surface area contributed by atoms with Crippen LogP contribution in [0.2, 0.25) is 0 Å². The number of carbonyl (C=O) groups excluding carboxylic acids is 1. The summed E-state index contributed by atoms with van der Waals surface area (Å²) in [6, 6.07) is 18.1. The maximum atomic E-state index is 11.9. The Balaban J connectivity index is 1.58. The molecule has 114 valence electrons. The van der Waals surface area contributed by atoms with Gasteiger partial charge in [0.1, 0.15) is 5.01 Å². The van der Waals surface area contributed by atoms with Gasteiger partial charge in [0.25, 0.3) is 0 Å². The molecule has 0 saturated heterocycles. The van der Waals surface area contributed by atoms with Crippen molar-refractivity contribution in [3.8, 4) is 21.8 Å². The first-order valence-corrected chi connectivity index (χ1v) is 8.60. The topological polar surface area (TPSA) is 42.0 Å². The second-order valence-electron chi connectivity index (χ2n) is 5.75. The minimum Gasteiger partial charge on any atom is -0.326 e. The van der Waals surface area contributed by atoms with E-state index in [9.17, 15) is 4.79 Å². The van der Waals surface area contributed by atoms with Crippen LogP contribution in [-0.2, 0) is 4.79 Å². The second-order valence-corrected chi connectivity index (χ2v) is 6.61. The van der Waals surface area contributed by atoms with Crippen LogP contribution in [0.3, 0.4) is 0 Å². The lowest BCUT2D eigenvalue weighted by Crippen LogP contribution is -2.13. The van der Waals surface area contributed by atoms with Gasteiger partial charge >= 0.3 is 0 Å². The number of amides is 1. The number of aromatic nitrogens is 1. The molecule has 1 amide bonds. The van der Waals surface area contributed by atoms with E-state index in [4.69, 9.17) is 4.98 Å². The molecule has 1 aromatic heterocycles. The smallest absolute Gasteiger partial charge is 0.227 e. The third-order valence-electron chi connectivity index (χ3n) is 3.90. The number of rotatable bonds is 4. The zero-order chi connectivity index (χ0) is 15.6. The molecule has 0 bridgehead atoms. The van der Waals surface area contributed by atoms with E-state index >= 15 is 0 Å². The molecule has 3 aromatic rings. The maximum absolute atomic E-state index is 11.9. The molecule has 1 aliphatic rings. The maximum Gasteiger partial charge on any atom is 0.227 e. The fourth-order valence-corrected chi connectivity index (χ4v) is 3.30. The van der Waals surface area contributed by atoms with Crippen molar-refractivity contribution in [1.82, 2.24) is 4.98 Å². The van der Waals surface area contributed by atoms with Crippen LogP contribution in [0.25, 0.3) is 21.8 Å². The van der Waals surface area contributed by atoms with Crippen molar-refractivity contribution in [1.29, 1.82) is 0 Å². The first-order valence-electron chi connectivity index (χ1n) is 7.72. The fraction of sp³-hybridized carbons (Fsp3) is 0.158. The van der Waals surface area contributed by atoms with Gasteiger partial charge < -0.3 is 5.32 Å². The van der Waals surface area contributed by atoms with E-state index in [1.54, 1.807) is 11.3 Å². The van der Waals surface area contributed by atoms with Crippen LogP contribution in [0.4, 0.5) is 5.69 Å². The molecule has 2 aromatic carbocycles. The zero-order valence-electron chi connectivity index (χ0n) is 12.5. The van der Waals surface area contributed by atoms with Crippen molar-refractivity contribution < 1.29 is 4.79 Å². The standard InChI is InChI=1S/C19H16N2OS/c22-18(13-9-10-13)20-16-8-4-7-15(11-16)17-12-23-19(21-17)14-5-2-1-3-6-14/h1-8,11-13H,9-10H2,(H,20,22). The average Bonchev–Trinajstić information content (AvgIpc) is 3.33. The van der Waals surface area contributed by atoms with Crippen LogP contribution < -0.4 is 5.32 Å². The molecule has 0 unspecified atom stereocenters. The Kier molecular flexibility index (Phi) is 3.67. The normalized spacial score (nSPS) is 13.7. The van der Waals surface area contributed by atoms with Gasteiger partial charge in [-0.2, -0.15) is 0 Å². The van der Waals surface area contributed by atoms with Gasteiger partial charge in [0, 0.05) is 28.1 Å². The summed E-state index contributed by atoms with van der Waals surface area (Å²) in [5.41, 5.74) is 3.93. The molecule has 1 aliphatic carbocycles. The number of carbonyl (C=O) groups is 1. The lowest BCUT2D eigenvalue weighted by Gasteiger charge is -2.05. The molecule has 0 radical (unpaired) electrons. The van der Waals surface area contributed by atoms with E-state index in [0.29, 0.717) is 0 Å². The summed E-state index contributed by atoms with van der Waals surface area (Å²) in [4.78, 5) is 16.6. The van der Waals surface area contributed by atoms with Crippen LogP contribution in [0, 0.1) is 5.92 Å². The number of anilines is 1. The molecule has 4 rings (SSSR count). The third kappa shape index (κ3) is 3.17. The Morgan fingerprint density at radius 2 is 1.83 bits per heavy atom. The first-order chi connectivity index (χ1) is 11.3. The summed E-state index contributed by atoms with van der Waals surface area (Å²) >= 11 is 1.63. The van der Waals surface area contributed by atoms with Crippen LogP contribution in [0.5, 0.6) is 0 Å². The summed E-state index contributed by atoms with van der Waals surface area (Å²) in [5, 5.41) is 6.06. The number of hydrogen-bond acceptors (Lipinski definition) is 3. The van der Waals surface area contributed by atoms with Gasteiger partial charge in [-0.25, -0.2) is 4.98 Å². The first kappa shape index (κ1) is 14.2. The lowest BCUT2D eigenvalue weighted by atomic mass is 10.1. The lowest BCUT2D eigenvalue weighted by molar-refractivity contribution is -0.117. The van der Waals surface area contributed by atoms with Crippen molar-refractivity contribution >= 4 is 22.9 Å². The zero-order valence-corrected chi connectivity index (χ0v) is 13.3. The van der Waals surface area contributed by atoms with Crippen molar-refractivity contribution in [2.75, 3.05) is 5.32 Å². The van der Waals surface area contributed by atoms with E-state index in [1.165, 1.54) is 0 Å². The molecule has 0 atom stereocenters. The number of benzene rings is 2. The number of nitrogens with one attached hydrogen (secondary N) is 1. The fourth-order valence-electron chi connectivity index (χ4n) is 2.47. The van der Waals surface area contributed by atoms with E-state index in [-0.39, 0.29) is 11.8 Å². The van der Waals surface area contributed by atoms with Gasteiger partial charge in [-0.1, -0.05) is 42.5 Å². The van der Waals surface area contributed by atoms with E-state index in [1.807, 2.05) is 42.5 Å². The van der Waals surface area contributed by atoms with E-state index < -0.39 is 0 Å². The Morgan fingerprint density at radius 3 is 2.61 bits per heavy atom. The predicted octanol–water partition coefficient (Wildman–Crippen LogP) is 4.83. The SMILES string of the molecule is O=C(Nc1cccc(-c2csc(-c3ccccc3)n2)c1)C1CC1. The highest BCUT2D eigenvalue weighted by Crippen LogP contribution is 2.32. The Morgan fingerprint density at radius 1 is 1.04 bits per heavy atom. The van der Waals surface area contributed by atoms with E-state index in [0.717, 1.165) is 40.4 Å². The summed E-state index contributed by atoms with van der Waals surface area (Å²) in [6.45, 7) is 0. The van der Waals surface area contributed by atoms with Crippen molar-refractivity contribution in [2.45, 2.75) is 12.8 Å². The Labute approximate surface area is 139 Å². The predicted molar refractivity (Wildman–Crippen MR) is 94.3 cm³/mol. The highest BCUT2D eigenvalue weighted by Gasteiger charge is 2.29. The minimum absolute atomic E-state index is 0.130. The molecule has 1 saturated carbocycles. The van der Waals surface area contributed by atoms with Gasteiger partial charge in [0.05, 0.1) is 5.69 Å². The van der Waals surface area contributed by atoms with Crippen molar-refractivity contribution in [3.63, 3.8) is 0 Å². The third-order valence-corrected chi connectivity index (χ3v) is 4.79. The van der Waals surface area contributed by atoms with Crippen molar-refractivity contribution in [3.05, 3.63) is 60.0 Å². The summed E-state index contributed by atoms with van der Waals surface area (Å²) < 4.78 is 0. The van der Waals surface area contributed by atoms with Crippen LogP contribution in [0.1, 0.15) is 12.8 Å². The van der Waals surface area contributed by atoms with Gasteiger partial charge in [-0.15, -0.1) is 11.3 Å². The van der Waals surface area contributed by atoms with Crippen LogP contribution >= 0.6 is 11.3 Å². The molecule has 23 heavy (non-hydrogen) atoms. The van der Waals surface area contributed by atoms with Crippen molar-refractivity contribution in [2.24, 2.45) is 5.92 Å². The summed E-state index contributed by atoms with van der Waals surface area (Å²) in [6.07, 6.45) is 2.02. The molecule has 0 aliphatic heterocycles. The highest BCUT2D eigenvalue weighted by atomic mass is 32.1. The van der Waals surface area contributed by atoms with Gasteiger partial charge in [0.2, 0.25) is 5.91 Å². The van der Waals surface area contributed by atoms with Crippen LogP contribution in [0.15, 0.2) is 60.0 Å². The molecular formula is C19H16N2OS. The van der Waals surface area contributed by atoms with Gasteiger partial charge in [0.15, 0.2) is 0 Å². The minimum atomic E-state index is 0.130. The summed E-state index contributed by atoms with van der Waals surface area (Å²) in [7, 11) is 0.